The molecule has 90 valence electrons. The van der Waals surface area contributed by atoms with Crippen LogP contribution >= 0.6 is 0 Å². The molecule has 0 aliphatic rings. The Balaban J connectivity index is 2.75. The van der Waals surface area contributed by atoms with E-state index in [1.165, 1.54) is 18.3 Å². The normalized spacial score (nSPS) is 12.7. The van der Waals surface area contributed by atoms with Crippen LogP contribution in [-0.2, 0) is 10.0 Å². The molecule has 0 spiro atoms. The predicted octanol–water partition coefficient (Wildman–Crippen LogP) is -0.0461. The molecule has 16 heavy (non-hydrogen) atoms. The first-order valence-corrected chi connectivity index (χ1v) is 5.83. The van der Waals surface area contributed by atoms with Gasteiger partial charge < -0.3 is 5.73 Å². The second-order valence-corrected chi connectivity index (χ2v) is 4.84. The molecule has 3 N–H and O–H groups in total. The van der Waals surface area contributed by atoms with Gasteiger partial charge in [-0.3, -0.25) is 4.98 Å². The van der Waals surface area contributed by atoms with Crippen LogP contribution < -0.4 is 10.5 Å². The smallest absolute Gasteiger partial charge is 0.273 e. The fraction of sp³-hybridized carbons (Fsp3) is 0.375. The maximum absolute atomic E-state index is 12.7. The summed E-state index contributed by atoms with van der Waals surface area (Å²) in [6.45, 7) is -1.94. The first-order valence-electron chi connectivity index (χ1n) is 4.35. The molecule has 8 heteroatoms. The number of rotatable bonds is 5. The van der Waals surface area contributed by atoms with Gasteiger partial charge in [0.15, 0.2) is 0 Å². The van der Waals surface area contributed by atoms with Crippen molar-refractivity contribution < 1.29 is 17.2 Å². The molecular weight excluding hydrogens is 240 g/mol. The van der Waals surface area contributed by atoms with Crippen molar-refractivity contribution in [2.24, 2.45) is 5.73 Å². The maximum Gasteiger partial charge on any atom is 0.273 e. The summed E-state index contributed by atoms with van der Waals surface area (Å²) in [6.07, 6.45) is 2.45. The summed E-state index contributed by atoms with van der Waals surface area (Å²) < 4.78 is 50.2. The average molecular weight is 251 g/mol. The molecular formula is C8H11F2N3O2S. The Kier molecular flexibility index (Phi) is 3.89. The standard InChI is InChI=1S/C8H11F2N3O2S/c9-8(10,5-11)6-13-16(14,15)7-2-1-3-12-4-7/h1-4,13H,5-6,11H2. The quantitative estimate of drug-likeness (QED) is 0.768. The Morgan fingerprint density at radius 2 is 2.19 bits per heavy atom. The van der Waals surface area contributed by atoms with Gasteiger partial charge in [0.2, 0.25) is 10.0 Å². The van der Waals surface area contributed by atoms with Crippen molar-refractivity contribution in [1.82, 2.24) is 9.71 Å². The fourth-order valence-electron chi connectivity index (χ4n) is 0.862. The molecule has 0 fully saturated rings. The van der Waals surface area contributed by atoms with E-state index in [0.29, 0.717) is 0 Å². The van der Waals surface area contributed by atoms with Crippen LogP contribution in [0.15, 0.2) is 29.4 Å². The van der Waals surface area contributed by atoms with Gasteiger partial charge in [0.1, 0.15) is 4.90 Å². The van der Waals surface area contributed by atoms with Crippen molar-refractivity contribution in [2.75, 3.05) is 13.1 Å². The van der Waals surface area contributed by atoms with Gasteiger partial charge in [-0.05, 0) is 12.1 Å². The van der Waals surface area contributed by atoms with Gasteiger partial charge >= 0.3 is 0 Å². The van der Waals surface area contributed by atoms with Crippen LogP contribution in [0, 0.1) is 0 Å². The van der Waals surface area contributed by atoms with Gasteiger partial charge in [-0.25, -0.2) is 21.9 Å². The Morgan fingerprint density at radius 3 is 2.69 bits per heavy atom. The fourth-order valence-corrected chi connectivity index (χ4v) is 1.89. The van der Waals surface area contributed by atoms with E-state index in [-0.39, 0.29) is 4.90 Å². The van der Waals surface area contributed by atoms with Crippen molar-refractivity contribution in [3.8, 4) is 0 Å². The van der Waals surface area contributed by atoms with E-state index < -0.39 is 29.0 Å². The van der Waals surface area contributed by atoms with Crippen LogP contribution in [-0.4, -0.2) is 32.4 Å². The number of nitrogens with zero attached hydrogens (tertiary/aromatic N) is 1. The third kappa shape index (κ3) is 3.47. The van der Waals surface area contributed by atoms with E-state index in [2.05, 4.69) is 4.98 Å². The highest BCUT2D eigenvalue weighted by Crippen LogP contribution is 2.11. The Bertz CT molecular complexity index is 436. The second-order valence-electron chi connectivity index (χ2n) is 3.07. The molecule has 1 aromatic heterocycles. The molecule has 1 aromatic rings. The molecule has 5 nitrogen and oxygen atoms in total. The lowest BCUT2D eigenvalue weighted by atomic mass is 10.3. The zero-order valence-electron chi connectivity index (χ0n) is 8.23. The van der Waals surface area contributed by atoms with Crippen molar-refractivity contribution in [3.63, 3.8) is 0 Å². The molecule has 0 bridgehead atoms. The largest absolute Gasteiger partial charge is 0.325 e. The van der Waals surface area contributed by atoms with Crippen LogP contribution in [0.1, 0.15) is 0 Å². The molecule has 0 saturated carbocycles. The number of halogens is 2. The third-order valence-electron chi connectivity index (χ3n) is 1.76. The van der Waals surface area contributed by atoms with Gasteiger partial charge in [-0.1, -0.05) is 0 Å². The minimum Gasteiger partial charge on any atom is -0.325 e. The van der Waals surface area contributed by atoms with Gasteiger partial charge in [0.05, 0.1) is 13.1 Å². The number of aromatic nitrogens is 1. The molecule has 0 aromatic carbocycles. The first kappa shape index (κ1) is 12.9. The summed E-state index contributed by atoms with van der Waals surface area (Å²) in [6, 6.07) is 2.66. The van der Waals surface area contributed by atoms with Gasteiger partial charge in [-0.2, -0.15) is 0 Å². The molecule has 0 saturated heterocycles. The summed E-state index contributed by atoms with van der Waals surface area (Å²) >= 11 is 0. The van der Waals surface area contributed by atoms with Crippen LogP contribution in [0.3, 0.4) is 0 Å². The Hall–Kier alpha value is -1.12. The zero-order valence-corrected chi connectivity index (χ0v) is 9.05. The van der Waals surface area contributed by atoms with Crippen LogP contribution in [0.4, 0.5) is 8.78 Å². The number of nitrogens with one attached hydrogen (secondary N) is 1. The van der Waals surface area contributed by atoms with E-state index in [9.17, 15) is 17.2 Å². The lowest BCUT2D eigenvalue weighted by molar-refractivity contribution is 0.0170. The number of pyridine rings is 1. The maximum atomic E-state index is 12.7. The Labute approximate surface area is 91.7 Å². The van der Waals surface area contributed by atoms with Gasteiger partial charge in [0.25, 0.3) is 5.92 Å². The average Bonchev–Trinajstić information content (AvgIpc) is 2.28. The molecule has 0 aliphatic carbocycles. The SMILES string of the molecule is NCC(F)(F)CNS(=O)(=O)c1cccnc1. The molecule has 1 rings (SSSR count). The number of alkyl halides is 2. The van der Waals surface area contributed by atoms with Gasteiger partial charge in [0, 0.05) is 12.4 Å². The van der Waals surface area contributed by atoms with Crippen LogP contribution in [0.5, 0.6) is 0 Å². The summed E-state index contributed by atoms with van der Waals surface area (Å²) in [5.74, 6) is -3.25. The molecule has 0 atom stereocenters. The van der Waals surface area contributed by atoms with E-state index in [4.69, 9.17) is 5.73 Å². The second kappa shape index (κ2) is 4.81. The van der Waals surface area contributed by atoms with Crippen molar-refractivity contribution in [1.29, 1.82) is 0 Å². The summed E-state index contributed by atoms with van der Waals surface area (Å²) in [5, 5.41) is 0. The molecule has 0 amide bonds. The topological polar surface area (TPSA) is 85.1 Å². The number of nitrogens with two attached hydrogens (primary N) is 1. The van der Waals surface area contributed by atoms with Crippen molar-refractivity contribution in [3.05, 3.63) is 24.5 Å². The number of hydrogen-bond donors (Lipinski definition) is 2. The molecule has 0 radical (unpaired) electrons. The highest BCUT2D eigenvalue weighted by molar-refractivity contribution is 7.89. The van der Waals surface area contributed by atoms with E-state index in [0.717, 1.165) is 6.20 Å². The van der Waals surface area contributed by atoms with E-state index in [1.807, 2.05) is 0 Å². The minimum absolute atomic E-state index is 0.164. The molecule has 0 unspecified atom stereocenters. The van der Waals surface area contributed by atoms with E-state index in [1.54, 1.807) is 4.72 Å². The summed E-state index contributed by atoms with van der Waals surface area (Å²) in [7, 11) is -3.95. The summed E-state index contributed by atoms with van der Waals surface area (Å²) in [5.41, 5.74) is 4.78. The molecule has 0 aliphatic heterocycles. The van der Waals surface area contributed by atoms with Crippen LogP contribution in [0.25, 0.3) is 0 Å². The summed E-state index contributed by atoms with van der Waals surface area (Å²) in [4.78, 5) is 3.42. The van der Waals surface area contributed by atoms with E-state index >= 15 is 0 Å². The zero-order chi connectivity index (χ0) is 12.2. The highest BCUT2D eigenvalue weighted by Gasteiger charge is 2.29. The molecule has 1 heterocycles. The first-order chi connectivity index (χ1) is 7.37. The van der Waals surface area contributed by atoms with Crippen molar-refractivity contribution in [2.45, 2.75) is 10.8 Å². The lowest BCUT2D eigenvalue weighted by Crippen LogP contribution is -2.41. The van der Waals surface area contributed by atoms with Gasteiger partial charge in [-0.15, -0.1) is 0 Å². The Morgan fingerprint density at radius 1 is 1.50 bits per heavy atom. The third-order valence-corrected chi connectivity index (χ3v) is 3.15. The van der Waals surface area contributed by atoms with Crippen molar-refractivity contribution >= 4 is 10.0 Å². The highest BCUT2D eigenvalue weighted by atomic mass is 32.2. The predicted molar refractivity (Wildman–Crippen MR) is 53.4 cm³/mol. The number of sulfonamides is 1. The lowest BCUT2D eigenvalue weighted by Gasteiger charge is -2.14. The minimum atomic E-state index is -3.95. The monoisotopic (exact) mass is 251 g/mol. The number of hydrogen-bond acceptors (Lipinski definition) is 4. The van der Waals surface area contributed by atoms with Crippen LogP contribution in [0.2, 0.25) is 0 Å².